The highest BCUT2D eigenvalue weighted by molar-refractivity contribution is 7.99. The number of nitrogens with zero attached hydrogens (tertiary/aromatic N) is 1. The summed E-state index contributed by atoms with van der Waals surface area (Å²) in [6.07, 6.45) is 1.07. The molecule has 106 valence electrons. The summed E-state index contributed by atoms with van der Waals surface area (Å²) in [4.78, 5) is 2.43. The van der Waals surface area contributed by atoms with Crippen LogP contribution in [0.1, 0.15) is 34.1 Å². The molecule has 0 bridgehead atoms. The Balaban J connectivity index is 2.10. The minimum Gasteiger partial charge on any atom is -0.369 e. The van der Waals surface area contributed by atoms with Crippen molar-refractivity contribution in [2.45, 2.75) is 57.4 Å². The third kappa shape index (κ3) is 2.87. The Morgan fingerprint density at radius 1 is 1.33 bits per heavy atom. The Labute approximate surface area is 116 Å². The molecule has 0 spiro atoms. The fraction of sp³-hybridized carbons (Fsp3) is 1.00. The summed E-state index contributed by atoms with van der Waals surface area (Å²) >= 11 is 2.03. The first-order valence-electron chi connectivity index (χ1n) is 6.97. The van der Waals surface area contributed by atoms with Gasteiger partial charge < -0.3 is 15.4 Å². The monoisotopic (exact) mass is 272 g/mol. The van der Waals surface area contributed by atoms with E-state index in [0.717, 1.165) is 18.7 Å². The highest BCUT2D eigenvalue weighted by Gasteiger charge is 2.50. The van der Waals surface area contributed by atoms with Gasteiger partial charge in [-0.3, -0.25) is 0 Å². The van der Waals surface area contributed by atoms with E-state index in [1.165, 1.54) is 5.75 Å². The molecular formula is C14H28N2OS. The lowest BCUT2D eigenvalue weighted by Gasteiger charge is -2.41. The normalized spacial score (nSPS) is 37.7. The van der Waals surface area contributed by atoms with Gasteiger partial charge in [-0.2, -0.15) is 11.8 Å². The van der Waals surface area contributed by atoms with E-state index in [1.807, 2.05) is 11.8 Å². The van der Waals surface area contributed by atoms with Crippen LogP contribution in [0.3, 0.4) is 0 Å². The first kappa shape index (κ1) is 14.6. The maximum atomic E-state index is 6.61. The van der Waals surface area contributed by atoms with E-state index in [9.17, 15) is 0 Å². The number of hydrogen-bond acceptors (Lipinski definition) is 4. The molecule has 4 heteroatoms. The van der Waals surface area contributed by atoms with Gasteiger partial charge in [0.2, 0.25) is 0 Å². The molecule has 2 rings (SSSR count). The van der Waals surface area contributed by atoms with Crippen molar-refractivity contribution in [3.8, 4) is 0 Å². The molecule has 3 unspecified atom stereocenters. The summed E-state index contributed by atoms with van der Waals surface area (Å²) < 4.78 is 6.19. The Morgan fingerprint density at radius 2 is 2.00 bits per heavy atom. The van der Waals surface area contributed by atoms with Crippen LogP contribution in [-0.2, 0) is 4.74 Å². The second-order valence-corrected chi connectivity index (χ2v) is 8.13. The second-order valence-electron chi connectivity index (χ2n) is 6.98. The van der Waals surface area contributed by atoms with E-state index in [-0.39, 0.29) is 17.2 Å². The van der Waals surface area contributed by atoms with Gasteiger partial charge in [0, 0.05) is 36.1 Å². The molecule has 2 aliphatic rings. The first-order chi connectivity index (χ1) is 8.23. The fourth-order valence-electron chi connectivity index (χ4n) is 3.58. The van der Waals surface area contributed by atoms with Crippen LogP contribution in [0.4, 0.5) is 0 Å². The van der Waals surface area contributed by atoms with Crippen molar-refractivity contribution in [1.82, 2.24) is 4.90 Å². The lowest BCUT2D eigenvalue weighted by Crippen LogP contribution is -2.56. The minimum absolute atomic E-state index is 0.0355. The van der Waals surface area contributed by atoms with Crippen molar-refractivity contribution in [3.63, 3.8) is 0 Å². The van der Waals surface area contributed by atoms with E-state index in [1.54, 1.807) is 0 Å². The van der Waals surface area contributed by atoms with Crippen LogP contribution >= 0.6 is 11.8 Å². The van der Waals surface area contributed by atoms with Gasteiger partial charge in [0.25, 0.3) is 0 Å². The largest absolute Gasteiger partial charge is 0.369 e. The van der Waals surface area contributed by atoms with Crippen LogP contribution in [-0.4, -0.2) is 53.3 Å². The summed E-state index contributed by atoms with van der Waals surface area (Å²) in [7, 11) is 2.21. The molecule has 3 atom stereocenters. The highest BCUT2D eigenvalue weighted by Crippen LogP contribution is 2.44. The second kappa shape index (κ2) is 4.97. The third-order valence-electron chi connectivity index (χ3n) is 4.50. The van der Waals surface area contributed by atoms with E-state index >= 15 is 0 Å². The van der Waals surface area contributed by atoms with Crippen LogP contribution in [0.5, 0.6) is 0 Å². The standard InChI is InChI=1S/C14H28N2OS/c1-13(2)8-10(14(3,4)17-13)12(15)11-9-18-7-6-16(11)5/h10-12H,6-9,15H2,1-5H3. The van der Waals surface area contributed by atoms with Gasteiger partial charge in [-0.05, 0) is 41.2 Å². The van der Waals surface area contributed by atoms with Crippen molar-refractivity contribution in [1.29, 1.82) is 0 Å². The molecule has 0 saturated carbocycles. The molecule has 0 aromatic carbocycles. The first-order valence-corrected chi connectivity index (χ1v) is 8.12. The summed E-state index contributed by atoms with van der Waals surface area (Å²) in [6, 6.07) is 0.699. The molecule has 0 aliphatic carbocycles. The predicted molar refractivity (Wildman–Crippen MR) is 79.1 cm³/mol. The number of ether oxygens (including phenoxy) is 1. The van der Waals surface area contributed by atoms with Gasteiger partial charge in [-0.15, -0.1) is 0 Å². The Bertz CT molecular complexity index is 306. The topological polar surface area (TPSA) is 38.5 Å². The summed E-state index contributed by atoms with van der Waals surface area (Å²) in [5, 5.41) is 0. The number of nitrogens with two attached hydrogens (primary N) is 1. The lowest BCUT2D eigenvalue weighted by atomic mass is 9.79. The van der Waals surface area contributed by atoms with Crippen LogP contribution in [0, 0.1) is 5.92 Å². The van der Waals surface area contributed by atoms with E-state index in [2.05, 4.69) is 39.6 Å². The molecule has 0 amide bonds. The van der Waals surface area contributed by atoms with Crippen LogP contribution in [0.2, 0.25) is 0 Å². The van der Waals surface area contributed by atoms with Crippen LogP contribution in [0.15, 0.2) is 0 Å². The molecule has 0 radical (unpaired) electrons. The maximum Gasteiger partial charge on any atom is 0.0678 e. The Hall–Kier alpha value is 0.230. The minimum atomic E-state index is -0.105. The quantitative estimate of drug-likeness (QED) is 0.834. The fourth-order valence-corrected chi connectivity index (χ4v) is 4.89. The lowest BCUT2D eigenvalue weighted by molar-refractivity contribution is -0.0784. The van der Waals surface area contributed by atoms with E-state index in [0.29, 0.717) is 12.0 Å². The molecule has 2 N–H and O–H groups in total. The zero-order valence-corrected chi connectivity index (χ0v) is 13.2. The molecule has 3 nitrogen and oxygen atoms in total. The Morgan fingerprint density at radius 3 is 2.50 bits per heavy atom. The van der Waals surface area contributed by atoms with Crippen molar-refractivity contribution >= 4 is 11.8 Å². The average molecular weight is 272 g/mol. The van der Waals surface area contributed by atoms with Gasteiger partial charge >= 0.3 is 0 Å². The van der Waals surface area contributed by atoms with Crippen molar-refractivity contribution in [2.75, 3.05) is 25.1 Å². The third-order valence-corrected chi connectivity index (χ3v) is 5.54. The van der Waals surface area contributed by atoms with E-state index in [4.69, 9.17) is 10.5 Å². The van der Waals surface area contributed by atoms with Gasteiger partial charge in [-0.1, -0.05) is 0 Å². The molecule has 0 aromatic rings. The maximum absolute atomic E-state index is 6.61. The predicted octanol–water partition coefficient (Wildman–Crippen LogP) is 1.95. The smallest absolute Gasteiger partial charge is 0.0678 e. The van der Waals surface area contributed by atoms with Crippen LogP contribution < -0.4 is 5.73 Å². The zero-order valence-electron chi connectivity index (χ0n) is 12.4. The van der Waals surface area contributed by atoms with Gasteiger partial charge in [0.15, 0.2) is 0 Å². The number of thioether (sulfide) groups is 1. The SMILES string of the molecule is CN1CCSCC1C(N)C1CC(C)(C)OC1(C)C. The number of hydrogen-bond donors (Lipinski definition) is 1. The zero-order chi connectivity index (χ0) is 13.6. The summed E-state index contributed by atoms with van der Waals surface area (Å²) in [5.41, 5.74) is 6.47. The van der Waals surface area contributed by atoms with Crippen LogP contribution in [0.25, 0.3) is 0 Å². The average Bonchev–Trinajstić information content (AvgIpc) is 2.46. The molecule has 2 heterocycles. The van der Waals surface area contributed by atoms with Crippen molar-refractivity contribution in [2.24, 2.45) is 11.7 Å². The molecule has 2 aliphatic heterocycles. The van der Waals surface area contributed by atoms with E-state index < -0.39 is 0 Å². The molecule has 0 aromatic heterocycles. The van der Waals surface area contributed by atoms with Gasteiger partial charge in [0.05, 0.1) is 11.2 Å². The van der Waals surface area contributed by atoms with Crippen molar-refractivity contribution in [3.05, 3.63) is 0 Å². The molecule has 2 saturated heterocycles. The van der Waals surface area contributed by atoms with Gasteiger partial charge in [0.1, 0.15) is 0 Å². The molecular weight excluding hydrogens is 244 g/mol. The number of rotatable bonds is 2. The van der Waals surface area contributed by atoms with Gasteiger partial charge in [-0.25, -0.2) is 0 Å². The summed E-state index contributed by atoms with van der Waals surface area (Å²) in [5.74, 6) is 2.83. The number of likely N-dealkylation sites (N-methyl/N-ethyl adjacent to an activating group) is 1. The highest BCUT2D eigenvalue weighted by atomic mass is 32.2. The molecule has 18 heavy (non-hydrogen) atoms. The summed E-state index contributed by atoms with van der Waals surface area (Å²) in [6.45, 7) is 9.91. The van der Waals surface area contributed by atoms with Crippen molar-refractivity contribution < 1.29 is 4.74 Å². The Kier molecular flexibility index (Phi) is 4.04. The molecule has 2 fully saturated rings.